The number of amidine groups is 1. The van der Waals surface area contributed by atoms with Crippen molar-refractivity contribution < 1.29 is 16.8 Å². The van der Waals surface area contributed by atoms with Crippen molar-refractivity contribution in [1.82, 2.24) is 20.6 Å². The molecule has 3 rings (SSSR count). The molecule has 31 heavy (non-hydrogen) atoms. The van der Waals surface area contributed by atoms with Gasteiger partial charge in [-0.15, -0.1) is 5.10 Å². The lowest BCUT2D eigenvalue weighted by Crippen LogP contribution is -2.22. The van der Waals surface area contributed by atoms with Crippen molar-refractivity contribution in [1.29, 1.82) is 0 Å². The molecule has 0 fully saturated rings. The number of nitrogens with two attached hydrogens (primary N) is 4. The van der Waals surface area contributed by atoms with Crippen LogP contribution in [-0.2, 0) is 19.9 Å². The number of H-pyrrole nitrogens is 1. The fourth-order valence-electron chi connectivity index (χ4n) is 2.99. The minimum absolute atomic E-state index is 0.0871. The van der Waals surface area contributed by atoms with Gasteiger partial charge in [0.1, 0.15) is 10.7 Å². The Hall–Kier alpha value is -3.40. The van der Waals surface area contributed by atoms with E-state index < -0.39 is 35.4 Å². The molecule has 0 saturated carbocycles. The Kier molecular flexibility index (Phi) is 6.03. The van der Waals surface area contributed by atoms with Gasteiger partial charge in [0.25, 0.3) is 0 Å². The van der Waals surface area contributed by atoms with Crippen LogP contribution in [0, 0.1) is 0 Å². The average Bonchev–Trinajstić information content (AvgIpc) is 3.26. The minimum Gasteiger partial charge on any atom is -0.382 e. The molecule has 164 valence electrons. The van der Waals surface area contributed by atoms with Crippen LogP contribution in [0.25, 0.3) is 22.5 Å². The van der Waals surface area contributed by atoms with Crippen LogP contribution in [0.4, 0.5) is 0 Å². The zero-order chi connectivity index (χ0) is 22.8. The smallest absolute Gasteiger partial charge is 0.240 e. The van der Waals surface area contributed by atoms with Gasteiger partial charge in [0, 0.05) is 17.7 Å². The van der Waals surface area contributed by atoms with Gasteiger partial charge < -0.3 is 17.3 Å². The molecular weight excluding hydrogens is 446 g/mol. The van der Waals surface area contributed by atoms with Crippen molar-refractivity contribution in [3.63, 3.8) is 0 Å². The van der Waals surface area contributed by atoms with Crippen LogP contribution in [0.1, 0.15) is 5.56 Å². The van der Waals surface area contributed by atoms with Gasteiger partial charge in [-0.05, 0) is 27.6 Å². The van der Waals surface area contributed by atoms with E-state index >= 15 is 0 Å². The number of nitrogens with one attached hydrogen (secondary N) is 1. The van der Waals surface area contributed by atoms with Gasteiger partial charge in [0.2, 0.25) is 10.0 Å². The van der Waals surface area contributed by atoms with Crippen LogP contribution in [0.2, 0.25) is 0 Å². The van der Waals surface area contributed by atoms with Gasteiger partial charge >= 0.3 is 0 Å². The highest BCUT2D eigenvalue weighted by molar-refractivity contribution is 7.93. The molecule has 0 unspecified atom stereocenters. The number of sulfone groups is 1. The Morgan fingerprint density at radius 2 is 1.74 bits per heavy atom. The van der Waals surface area contributed by atoms with Crippen molar-refractivity contribution in [2.75, 3.05) is 12.3 Å². The maximum absolute atomic E-state index is 12.7. The van der Waals surface area contributed by atoms with E-state index in [0.29, 0.717) is 16.7 Å². The number of tetrazole rings is 1. The molecule has 2 aromatic carbocycles. The van der Waals surface area contributed by atoms with Gasteiger partial charge in [-0.2, -0.15) is 5.10 Å². The molecular formula is C16H19N9O4S2. The van der Waals surface area contributed by atoms with E-state index in [1.165, 1.54) is 6.07 Å². The third kappa shape index (κ3) is 4.38. The number of rotatable bonds is 7. The first-order valence-electron chi connectivity index (χ1n) is 8.61. The molecule has 0 amide bonds. The minimum atomic E-state index is -4.54. The van der Waals surface area contributed by atoms with Crippen LogP contribution in [0.5, 0.6) is 0 Å². The highest BCUT2D eigenvalue weighted by Crippen LogP contribution is 2.38. The summed E-state index contributed by atoms with van der Waals surface area (Å²) in [6, 6.07) is 9.06. The van der Waals surface area contributed by atoms with E-state index in [9.17, 15) is 16.8 Å². The van der Waals surface area contributed by atoms with Crippen molar-refractivity contribution in [3.05, 3.63) is 42.0 Å². The van der Waals surface area contributed by atoms with Crippen LogP contribution in [-0.4, -0.2) is 55.6 Å². The molecule has 0 aliphatic carbocycles. The number of hydrogen-bond acceptors (Lipinski definition) is 10. The lowest BCUT2D eigenvalue weighted by Gasteiger charge is -2.16. The molecule has 0 bridgehead atoms. The average molecular weight is 466 g/mol. The lowest BCUT2D eigenvalue weighted by atomic mass is 9.98. The fourth-order valence-corrected chi connectivity index (χ4v) is 5.75. The van der Waals surface area contributed by atoms with Gasteiger partial charge in [-0.3, -0.25) is 0 Å². The third-order valence-corrected chi connectivity index (χ3v) is 7.25. The van der Waals surface area contributed by atoms with E-state index in [2.05, 4.69) is 25.7 Å². The summed E-state index contributed by atoms with van der Waals surface area (Å²) in [6.45, 7) is -0.209. The van der Waals surface area contributed by atoms with Gasteiger partial charge in [-0.25, -0.2) is 27.1 Å². The fraction of sp³-hybridized carbons (Fsp3) is 0.125. The van der Waals surface area contributed by atoms with E-state index in [1.807, 2.05) is 0 Å². The van der Waals surface area contributed by atoms with Gasteiger partial charge in [-0.1, -0.05) is 30.3 Å². The number of hydrogen-bond donors (Lipinski definition) is 5. The summed E-state index contributed by atoms with van der Waals surface area (Å²) in [7, 11) is -8.61. The molecule has 0 spiro atoms. The maximum atomic E-state index is 12.7. The summed E-state index contributed by atoms with van der Waals surface area (Å²) >= 11 is 0. The normalized spacial score (nSPS) is 12.8. The zero-order valence-electron chi connectivity index (χ0n) is 15.9. The number of sulfonamides is 1. The van der Waals surface area contributed by atoms with Crippen molar-refractivity contribution >= 4 is 25.7 Å². The number of nitrogens with zero attached hydrogens (tertiary/aromatic N) is 4. The molecule has 15 heteroatoms. The van der Waals surface area contributed by atoms with Crippen LogP contribution in [0.3, 0.4) is 0 Å². The monoisotopic (exact) mass is 465 g/mol. The first-order valence-corrected chi connectivity index (χ1v) is 11.8. The molecule has 1 heterocycles. The van der Waals surface area contributed by atoms with E-state index in [4.69, 9.17) is 22.4 Å². The van der Waals surface area contributed by atoms with E-state index in [0.717, 1.165) is 6.07 Å². The second-order valence-corrected chi connectivity index (χ2v) is 9.89. The molecule has 0 aliphatic rings. The standard InChI is InChI=1S/C16H19N9O4S2/c17-7-8-30(26,27)12-6-5-11(9-1-3-10(4-2-9)15(18)21-19)13(14(12)31(20,28)29)16-22-24-25-23-16/h1-6H,7-8,17,19H2,(H2,18,21)(H2,20,28,29)(H,22,23,24,25). The summed E-state index contributed by atoms with van der Waals surface area (Å²) in [5.74, 6) is 4.71. The quantitative estimate of drug-likeness (QED) is 0.117. The molecule has 1 aromatic heterocycles. The molecule has 3 aromatic rings. The van der Waals surface area contributed by atoms with Crippen molar-refractivity contribution in [3.8, 4) is 22.5 Å². The number of benzene rings is 2. The topological polar surface area (TPSA) is 239 Å². The molecule has 9 N–H and O–H groups in total. The summed E-state index contributed by atoms with van der Waals surface area (Å²) < 4.78 is 50.5. The first kappa shape index (κ1) is 22.3. The second-order valence-electron chi connectivity index (χ2n) is 6.31. The predicted octanol–water partition coefficient (Wildman–Crippen LogP) is -1.51. The second kappa shape index (κ2) is 8.38. The number of aromatic amines is 1. The molecule has 0 saturated heterocycles. The van der Waals surface area contributed by atoms with Crippen LogP contribution in [0.15, 0.2) is 51.3 Å². The maximum Gasteiger partial charge on any atom is 0.240 e. The third-order valence-electron chi connectivity index (χ3n) is 4.34. The van der Waals surface area contributed by atoms with Crippen LogP contribution >= 0.6 is 0 Å². The van der Waals surface area contributed by atoms with Crippen molar-refractivity contribution in [2.24, 2.45) is 27.6 Å². The SMILES string of the molecule is NCCS(=O)(=O)c1ccc(-c2ccc(/C(N)=N/N)cc2)c(-c2nnn[nH]2)c1S(N)(=O)=O. The lowest BCUT2D eigenvalue weighted by molar-refractivity contribution is 0.583. The highest BCUT2D eigenvalue weighted by Gasteiger charge is 2.31. The Morgan fingerprint density at radius 3 is 2.26 bits per heavy atom. The zero-order valence-corrected chi connectivity index (χ0v) is 17.6. The number of hydrazone groups is 1. The summed E-state index contributed by atoms with van der Waals surface area (Å²) in [5, 5.41) is 22.0. The Morgan fingerprint density at radius 1 is 1.06 bits per heavy atom. The largest absolute Gasteiger partial charge is 0.382 e. The molecule has 13 nitrogen and oxygen atoms in total. The number of aromatic nitrogens is 4. The molecule has 0 atom stereocenters. The van der Waals surface area contributed by atoms with Gasteiger partial charge in [0.15, 0.2) is 15.7 Å². The molecule has 0 radical (unpaired) electrons. The van der Waals surface area contributed by atoms with Gasteiger partial charge in [0.05, 0.1) is 10.6 Å². The van der Waals surface area contributed by atoms with Crippen molar-refractivity contribution in [2.45, 2.75) is 9.79 Å². The Balaban J connectivity index is 2.39. The summed E-state index contributed by atoms with van der Waals surface area (Å²) in [5.41, 5.74) is 12.3. The predicted molar refractivity (Wildman–Crippen MR) is 112 cm³/mol. The van der Waals surface area contributed by atoms with E-state index in [1.54, 1.807) is 24.3 Å². The summed E-state index contributed by atoms with van der Waals surface area (Å²) in [6.07, 6.45) is 0. The number of primary sulfonamides is 1. The Labute approximate surface area is 177 Å². The summed E-state index contributed by atoms with van der Waals surface area (Å²) in [4.78, 5) is -1.13. The Bertz CT molecular complexity index is 1330. The highest BCUT2D eigenvalue weighted by atomic mass is 32.2. The first-order chi connectivity index (χ1) is 14.6. The van der Waals surface area contributed by atoms with E-state index in [-0.39, 0.29) is 23.8 Å². The van der Waals surface area contributed by atoms with Crippen LogP contribution < -0.4 is 22.4 Å². The molecule has 0 aliphatic heterocycles.